The molecule has 4 N–H and O–H groups in total. The maximum absolute atomic E-state index is 11.7. The normalized spacial score (nSPS) is 15.5. The fourth-order valence-corrected chi connectivity index (χ4v) is 4.08. The van der Waals surface area contributed by atoms with E-state index in [1.165, 1.54) is 6.08 Å². The number of nitrogens with zero attached hydrogens (tertiary/aromatic N) is 5. The van der Waals surface area contributed by atoms with E-state index in [0.29, 0.717) is 42.6 Å². The van der Waals surface area contributed by atoms with Crippen molar-refractivity contribution in [1.29, 1.82) is 0 Å². The number of hydrogen-bond acceptors (Lipinski definition) is 9. The first-order chi connectivity index (χ1) is 17.6. The number of carbonyl (C=O) groups excluding carboxylic acids is 1. The fourth-order valence-electron chi connectivity index (χ4n) is 4.08. The lowest BCUT2D eigenvalue weighted by atomic mass is 10.1. The number of amides is 1. The van der Waals surface area contributed by atoms with Crippen LogP contribution in [0.4, 0.5) is 23.1 Å². The Kier molecular flexibility index (Phi) is 6.78. The number of anilines is 4. The molecule has 1 saturated heterocycles. The van der Waals surface area contributed by atoms with Gasteiger partial charge in [0.25, 0.3) is 0 Å². The average Bonchev–Trinajstić information content (AvgIpc) is 2.93. The summed E-state index contributed by atoms with van der Waals surface area (Å²) in [5, 5.41) is 6.85. The number of benzene rings is 1. The average molecular weight is 483 g/mol. The second kappa shape index (κ2) is 10.5. The van der Waals surface area contributed by atoms with E-state index in [1.54, 1.807) is 24.7 Å². The highest BCUT2D eigenvalue weighted by Crippen LogP contribution is 2.28. The first-order valence-electron chi connectivity index (χ1n) is 11.6. The van der Waals surface area contributed by atoms with Gasteiger partial charge in [-0.3, -0.25) is 9.78 Å². The second-order valence-corrected chi connectivity index (χ2v) is 8.25. The molecule has 1 unspecified atom stereocenters. The van der Waals surface area contributed by atoms with E-state index in [0.717, 1.165) is 29.0 Å². The summed E-state index contributed by atoms with van der Waals surface area (Å²) in [6.07, 6.45) is 6.45. The van der Waals surface area contributed by atoms with E-state index in [9.17, 15) is 4.79 Å². The van der Waals surface area contributed by atoms with E-state index >= 15 is 0 Å². The first kappa shape index (κ1) is 23.3. The number of aromatic nitrogens is 4. The van der Waals surface area contributed by atoms with Crippen molar-refractivity contribution in [2.45, 2.75) is 6.04 Å². The molecule has 1 amide bonds. The molecule has 1 aromatic carbocycles. The van der Waals surface area contributed by atoms with Crippen LogP contribution in [0, 0.1) is 0 Å². The zero-order chi connectivity index (χ0) is 24.9. The van der Waals surface area contributed by atoms with Crippen LogP contribution in [0.2, 0.25) is 0 Å². The van der Waals surface area contributed by atoms with Crippen LogP contribution < -0.4 is 21.3 Å². The number of carbonyl (C=O) groups is 1. The van der Waals surface area contributed by atoms with Crippen molar-refractivity contribution in [2.75, 3.05) is 41.8 Å². The van der Waals surface area contributed by atoms with Crippen LogP contribution in [-0.2, 0) is 9.53 Å². The number of fused-ring (bicyclic) bond motifs is 1. The van der Waals surface area contributed by atoms with Crippen LogP contribution in [0.25, 0.3) is 22.2 Å². The minimum atomic E-state index is -0.279. The predicted octanol–water partition coefficient (Wildman–Crippen LogP) is 3.12. The molecule has 1 atom stereocenters. The van der Waals surface area contributed by atoms with Crippen molar-refractivity contribution in [2.24, 2.45) is 5.73 Å². The third-order valence-electron chi connectivity index (χ3n) is 5.89. The largest absolute Gasteiger partial charge is 0.377 e. The van der Waals surface area contributed by atoms with E-state index in [4.69, 9.17) is 15.5 Å². The standard InChI is InChI=1S/C26H26N8O2/c1-2-23(35)31-19-5-3-4-17(12-19)24-25-18(8-9-28-24)14-30-26(33-25)32-20-6-7-22(29-15-20)34-10-11-36-16-21(34)13-27/h2-9,12,14-15,21H,1,10-11,13,16,27H2,(H,31,35)(H,30,32,33). The summed E-state index contributed by atoms with van der Waals surface area (Å²) in [4.78, 5) is 32.2. The number of morpholine rings is 1. The highest BCUT2D eigenvalue weighted by Gasteiger charge is 2.22. The van der Waals surface area contributed by atoms with Gasteiger partial charge in [0.1, 0.15) is 11.3 Å². The summed E-state index contributed by atoms with van der Waals surface area (Å²) < 4.78 is 5.53. The molecule has 4 heterocycles. The molecule has 10 nitrogen and oxygen atoms in total. The summed E-state index contributed by atoms with van der Waals surface area (Å²) in [5.41, 5.74) is 9.48. The Morgan fingerprint density at radius 2 is 2.08 bits per heavy atom. The van der Waals surface area contributed by atoms with Crippen LogP contribution in [0.15, 0.2) is 73.7 Å². The third kappa shape index (κ3) is 4.99. The molecule has 0 saturated carbocycles. The van der Waals surface area contributed by atoms with Gasteiger partial charge in [-0.25, -0.2) is 15.0 Å². The van der Waals surface area contributed by atoms with Crippen LogP contribution in [0.5, 0.6) is 0 Å². The molecule has 0 spiro atoms. The number of rotatable bonds is 7. The Morgan fingerprint density at radius 1 is 1.17 bits per heavy atom. The van der Waals surface area contributed by atoms with E-state index in [2.05, 4.69) is 37.1 Å². The van der Waals surface area contributed by atoms with Gasteiger partial charge in [0.2, 0.25) is 11.9 Å². The van der Waals surface area contributed by atoms with Crippen LogP contribution in [0.1, 0.15) is 0 Å². The smallest absolute Gasteiger partial charge is 0.247 e. The van der Waals surface area contributed by atoms with Crippen molar-refractivity contribution < 1.29 is 9.53 Å². The topological polar surface area (TPSA) is 131 Å². The molecule has 5 rings (SSSR count). The molecule has 1 aliphatic rings. The molecule has 0 aliphatic carbocycles. The van der Waals surface area contributed by atoms with Crippen LogP contribution >= 0.6 is 0 Å². The molecule has 182 valence electrons. The minimum Gasteiger partial charge on any atom is -0.377 e. The first-order valence-corrected chi connectivity index (χ1v) is 11.6. The molecule has 36 heavy (non-hydrogen) atoms. The van der Waals surface area contributed by atoms with Crippen molar-refractivity contribution in [3.05, 3.63) is 73.7 Å². The summed E-state index contributed by atoms with van der Waals surface area (Å²) in [6, 6.07) is 13.3. The van der Waals surface area contributed by atoms with Crippen molar-refractivity contribution in [3.8, 4) is 11.3 Å². The number of nitrogens with one attached hydrogen (secondary N) is 2. The Morgan fingerprint density at radius 3 is 2.89 bits per heavy atom. The Bertz CT molecular complexity index is 1390. The predicted molar refractivity (Wildman–Crippen MR) is 140 cm³/mol. The van der Waals surface area contributed by atoms with Crippen molar-refractivity contribution in [3.63, 3.8) is 0 Å². The van der Waals surface area contributed by atoms with Gasteiger partial charge in [-0.05, 0) is 36.4 Å². The van der Waals surface area contributed by atoms with Gasteiger partial charge >= 0.3 is 0 Å². The van der Waals surface area contributed by atoms with Gasteiger partial charge in [0.05, 0.1) is 36.8 Å². The quantitative estimate of drug-likeness (QED) is 0.340. The van der Waals surface area contributed by atoms with E-state index < -0.39 is 0 Å². The lowest BCUT2D eigenvalue weighted by molar-refractivity contribution is -0.111. The van der Waals surface area contributed by atoms with Gasteiger partial charge in [-0.15, -0.1) is 0 Å². The zero-order valence-corrected chi connectivity index (χ0v) is 19.6. The maximum Gasteiger partial charge on any atom is 0.247 e. The number of hydrogen-bond donors (Lipinski definition) is 3. The van der Waals surface area contributed by atoms with Gasteiger partial charge in [-0.1, -0.05) is 18.7 Å². The zero-order valence-electron chi connectivity index (χ0n) is 19.6. The van der Waals surface area contributed by atoms with E-state index in [-0.39, 0.29) is 11.9 Å². The van der Waals surface area contributed by atoms with Crippen LogP contribution in [-0.4, -0.2) is 58.2 Å². The highest BCUT2D eigenvalue weighted by molar-refractivity contribution is 5.99. The van der Waals surface area contributed by atoms with Crippen molar-refractivity contribution in [1.82, 2.24) is 19.9 Å². The lowest BCUT2D eigenvalue weighted by Crippen LogP contribution is -2.49. The number of nitrogens with two attached hydrogens (primary N) is 1. The maximum atomic E-state index is 11.7. The Hall–Kier alpha value is -4.41. The fraction of sp³-hybridized carbons (Fsp3) is 0.192. The number of ether oxygens (including phenoxy) is 1. The monoisotopic (exact) mass is 482 g/mol. The molecule has 0 bridgehead atoms. The van der Waals surface area contributed by atoms with Gasteiger partial charge in [-0.2, -0.15) is 0 Å². The molecule has 10 heteroatoms. The minimum absolute atomic E-state index is 0.114. The van der Waals surface area contributed by atoms with Gasteiger partial charge < -0.3 is 26.0 Å². The van der Waals surface area contributed by atoms with Crippen LogP contribution in [0.3, 0.4) is 0 Å². The third-order valence-corrected chi connectivity index (χ3v) is 5.89. The molecule has 0 radical (unpaired) electrons. The molecular weight excluding hydrogens is 456 g/mol. The molecule has 1 fully saturated rings. The SMILES string of the molecule is C=CC(=O)Nc1cccc(-c2nccc3cnc(Nc4ccc(N5CCOCC5CN)nc4)nc23)c1. The summed E-state index contributed by atoms with van der Waals surface area (Å²) in [5.74, 6) is 1.00. The van der Waals surface area contributed by atoms with Crippen molar-refractivity contribution >= 4 is 40.0 Å². The highest BCUT2D eigenvalue weighted by atomic mass is 16.5. The molecule has 4 aromatic rings. The second-order valence-electron chi connectivity index (χ2n) is 8.25. The molecule has 1 aliphatic heterocycles. The summed E-state index contributed by atoms with van der Waals surface area (Å²) in [6.45, 7) is 6.01. The molecular formula is C26H26N8O2. The number of pyridine rings is 2. The lowest BCUT2D eigenvalue weighted by Gasteiger charge is -2.35. The Balaban J connectivity index is 1.40. The van der Waals surface area contributed by atoms with Gasteiger partial charge in [0, 0.05) is 42.1 Å². The summed E-state index contributed by atoms with van der Waals surface area (Å²) >= 11 is 0. The summed E-state index contributed by atoms with van der Waals surface area (Å²) in [7, 11) is 0. The van der Waals surface area contributed by atoms with Gasteiger partial charge in [0.15, 0.2) is 0 Å². The van der Waals surface area contributed by atoms with E-state index in [1.807, 2.05) is 36.4 Å². The molecule has 3 aromatic heterocycles. The Labute approximate surface area is 208 Å².